The van der Waals surface area contributed by atoms with Crippen molar-refractivity contribution in [3.8, 4) is 0 Å². The van der Waals surface area contributed by atoms with Crippen molar-refractivity contribution in [2.45, 2.75) is 45.6 Å². The first-order valence-electron chi connectivity index (χ1n) is 6.69. The molecule has 0 aromatic carbocycles. The standard InChI is InChI=1S/C13H22N4O/c1-3-11-16-12(14)9(2)13(17-11)15-8-10-6-4-5-7-18-10/h10H,3-8H2,1-2H3,(H3,14,15,16,17). The summed E-state index contributed by atoms with van der Waals surface area (Å²) in [6.07, 6.45) is 4.62. The minimum Gasteiger partial charge on any atom is -0.383 e. The van der Waals surface area contributed by atoms with Gasteiger partial charge in [0, 0.05) is 25.1 Å². The van der Waals surface area contributed by atoms with Crippen LogP contribution >= 0.6 is 0 Å². The van der Waals surface area contributed by atoms with Crippen LogP contribution in [0.3, 0.4) is 0 Å². The second-order valence-corrected chi connectivity index (χ2v) is 4.72. The fourth-order valence-electron chi connectivity index (χ4n) is 2.09. The van der Waals surface area contributed by atoms with Gasteiger partial charge in [0.25, 0.3) is 0 Å². The molecule has 5 nitrogen and oxygen atoms in total. The Morgan fingerprint density at radius 2 is 2.22 bits per heavy atom. The van der Waals surface area contributed by atoms with E-state index in [1.807, 2.05) is 13.8 Å². The van der Waals surface area contributed by atoms with E-state index < -0.39 is 0 Å². The van der Waals surface area contributed by atoms with E-state index >= 15 is 0 Å². The van der Waals surface area contributed by atoms with Crippen LogP contribution in [0.2, 0.25) is 0 Å². The van der Waals surface area contributed by atoms with Crippen molar-refractivity contribution in [1.29, 1.82) is 0 Å². The van der Waals surface area contributed by atoms with Crippen LogP contribution < -0.4 is 11.1 Å². The molecule has 5 heteroatoms. The zero-order valence-electron chi connectivity index (χ0n) is 11.2. The summed E-state index contributed by atoms with van der Waals surface area (Å²) >= 11 is 0. The lowest BCUT2D eigenvalue weighted by atomic mass is 10.1. The van der Waals surface area contributed by atoms with E-state index in [4.69, 9.17) is 10.5 Å². The average Bonchev–Trinajstić information content (AvgIpc) is 2.41. The van der Waals surface area contributed by atoms with E-state index in [2.05, 4.69) is 15.3 Å². The highest BCUT2D eigenvalue weighted by atomic mass is 16.5. The summed E-state index contributed by atoms with van der Waals surface area (Å²) in [6, 6.07) is 0. The number of nitrogens with one attached hydrogen (secondary N) is 1. The van der Waals surface area contributed by atoms with Crippen molar-refractivity contribution in [3.63, 3.8) is 0 Å². The largest absolute Gasteiger partial charge is 0.383 e. The molecule has 1 aliphatic rings. The van der Waals surface area contributed by atoms with Crippen LogP contribution in [0.1, 0.15) is 37.6 Å². The first kappa shape index (κ1) is 13.1. The van der Waals surface area contributed by atoms with E-state index in [-0.39, 0.29) is 0 Å². The normalized spacial score (nSPS) is 19.8. The van der Waals surface area contributed by atoms with Gasteiger partial charge in [-0.05, 0) is 26.2 Å². The monoisotopic (exact) mass is 250 g/mol. The summed E-state index contributed by atoms with van der Waals surface area (Å²) in [5.74, 6) is 2.19. The lowest BCUT2D eigenvalue weighted by Crippen LogP contribution is -2.27. The van der Waals surface area contributed by atoms with Gasteiger partial charge in [0.05, 0.1) is 6.10 Å². The molecule has 0 radical (unpaired) electrons. The van der Waals surface area contributed by atoms with Gasteiger partial charge in [0.15, 0.2) is 0 Å². The maximum absolute atomic E-state index is 5.88. The maximum atomic E-state index is 5.88. The van der Waals surface area contributed by atoms with Gasteiger partial charge in [-0.2, -0.15) is 0 Å². The Labute approximate surface area is 108 Å². The number of aryl methyl sites for hydroxylation is 1. The van der Waals surface area contributed by atoms with Crippen LogP contribution in [0.5, 0.6) is 0 Å². The zero-order valence-corrected chi connectivity index (χ0v) is 11.2. The van der Waals surface area contributed by atoms with Crippen LogP contribution in [0.4, 0.5) is 11.6 Å². The molecule has 2 heterocycles. The molecule has 0 aliphatic carbocycles. The average molecular weight is 250 g/mol. The van der Waals surface area contributed by atoms with Gasteiger partial charge in [0.2, 0.25) is 0 Å². The van der Waals surface area contributed by atoms with Crippen molar-refractivity contribution in [1.82, 2.24) is 9.97 Å². The minimum absolute atomic E-state index is 0.291. The molecule has 0 bridgehead atoms. The summed E-state index contributed by atoms with van der Waals surface area (Å²) in [5.41, 5.74) is 6.80. The third-order valence-corrected chi connectivity index (χ3v) is 3.32. The Morgan fingerprint density at radius 3 is 2.89 bits per heavy atom. The summed E-state index contributed by atoms with van der Waals surface area (Å²) in [6.45, 7) is 5.63. The smallest absolute Gasteiger partial charge is 0.134 e. The van der Waals surface area contributed by atoms with Gasteiger partial charge in [-0.25, -0.2) is 9.97 Å². The van der Waals surface area contributed by atoms with Crippen LogP contribution in [0, 0.1) is 6.92 Å². The van der Waals surface area contributed by atoms with E-state index in [1.54, 1.807) is 0 Å². The Kier molecular flexibility index (Phi) is 4.36. The Hall–Kier alpha value is -1.36. The summed E-state index contributed by atoms with van der Waals surface area (Å²) < 4.78 is 5.69. The summed E-state index contributed by atoms with van der Waals surface area (Å²) in [5, 5.41) is 3.34. The van der Waals surface area contributed by atoms with Gasteiger partial charge >= 0.3 is 0 Å². The number of aromatic nitrogens is 2. The number of hydrogen-bond acceptors (Lipinski definition) is 5. The number of nitrogen functional groups attached to an aromatic ring is 1. The molecule has 3 N–H and O–H groups in total. The molecule has 18 heavy (non-hydrogen) atoms. The van der Waals surface area contributed by atoms with E-state index in [1.165, 1.54) is 12.8 Å². The predicted molar refractivity (Wildman–Crippen MR) is 72.6 cm³/mol. The number of nitrogens with zero attached hydrogens (tertiary/aromatic N) is 2. The Morgan fingerprint density at radius 1 is 1.39 bits per heavy atom. The van der Waals surface area contributed by atoms with E-state index in [9.17, 15) is 0 Å². The highest BCUT2D eigenvalue weighted by Crippen LogP contribution is 2.19. The van der Waals surface area contributed by atoms with Gasteiger partial charge < -0.3 is 15.8 Å². The molecule has 0 saturated carbocycles. The number of hydrogen-bond donors (Lipinski definition) is 2. The molecule has 1 aliphatic heterocycles. The molecule has 1 saturated heterocycles. The topological polar surface area (TPSA) is 73.1 Å². The summed E-state index contributed by atoms with van der Waals surface area (Å²) in [4.78, 5) is 8.72. The molecule has 0 amide bonds. The lowest BCUT2D eigenvalue weighted by molar-refractivity contribution is 0.0247. The molecular formula is C13H22N4O. The highest BCUT2D eigenvalue weighted by molar-refractivity contribution is 5.54. The third-order valence-electron chi connectivity index (χ3n) is 3.32. The van der Waals surface area contributed by atoms with Crippen molar-refractivity contribution in [3.05, 3.63) is 11.4 Å². The molecule has 1 aromatic rings. The van der Waals surface area contributed by atoms with Crippen LogP contribution in [0.25, 0.3) is 0 Å². The minimum atomic E-state index is 0.291. The molecular weight excluding hydrogens is 228 g/mol. The van der Waals surface area contributed by atoms with Crippen LogP contribution in [-0.2, 0) is 11.2 Å². The van der Waals surface area contributed by atoms with E-state index in [0.717, 1.165) is 43.2 Å². The quantitative estimate of drug-likeness (QED) is 0.854. The van der Waals surface area contributed by atoms with Gasteiger partial charge in [-0.15, -0.1) is 0 Å². The third kappa shape index (κ3) is 3.10. The SMILES string of the molecule is CCc1nc(N)c(C)c(NCC2CCCCO2)n1. The molecule has 0 spiro atoms. The molecule has 1 atom stereocenters. The molecule has 1 fully saturated rings. The van der Waals surface area contributed by atoms with Gasteiger partial charge in [0.1, 0.15) is 17.5 Å². The zero-order chi connectivity index (χ0) is 13.0. The second-order valence-electron chi connectivity index (χ2n) is 4.72. The highest BCUT2D eigenvalue weighted by Gasteiger charge is 2.15. The Balaban J connectivity index is 2.01. The molecule has 1 aromatic heterocycles. The first-order chi connectivity index (χ1) is 8.70. The van der Waals surface area contributed by atoms with Gasteiger partial charge in [-0.1, -0.05) is 6.92 Å². The molecule has 1 unspecified atom stereocenters. The van der Waals surface area contributed by atoms with Crippen LogP contribution in [0.15, 0.2) is 0 Å². The van der Waals surface area contributed by atoms with Crippen LogP contribution in [-0.4, -0.2) is 29.2 Å². The van der Waals surface area contributed by atoms with Crippen molar-refractivity contribution in [2.24, 2.45) is 0 Å². The van der Waals surface area contributed by atoms with Crippen molar-refractivity contribution < 1.29 is 4.74 Å². The molecule has 100 valence electrons. The van der Waals surface area contributed by atoms with Crippen molar-refractivity contribution in [2.75, 3.05) is 24.2 Å². The molecule has 2 rings (SSSR count). The van der Waals surface area contributed by atoms with Gasteiger partial charge in [-0.3, -0.25) is 0 Å². The number of ether oxygens (including phenoxy) is 1. The maximum Gasteiger partial charge on any atom is 0.134 e. The predicted octanol–water partition coefficient (Wildman–Crippen LogP) is 1.91. The first-order valence-corrected chi connectivity index (χ1v) is 6.69. The summed E-state index contributed by atoms with van der Waals surface area (Å²) in [7, 11) is 0. The number of nitrogens with two attached hydrogens (primary N) is 1. The fourth-order valence-corrected chi connectivity index (χ4v) is 2.09. The van der Waals surface area contributed by atoms with Crippen molar-refractivity contribution >= 4 is 11.6 Å². The Bertz CT molecular complexity index is 402. The number of rotatable bonds is 4. The second kappa shape index (κ2) is 6.00. The number of anilines is 2. The van der Waals surface area contributed by atoms with E-state index in [0.29, 0.717) is 11.9 Å². The lowest BCUT2D eigenvalue weighted by Gasteiger charge is -2.23. The fraction of sp³-hybridized carbons (Fsp3) is 0.692.